The molecule has 1 spiro atoms. The summed E-state index contributed by atoms with van der Waals surface area (Å²) in [5.41, 5.74) is 8.71. The Labute approximate surface area is 218 Å². The van der Waals surface area contributed by atoms with Crippen LogP contribution in [-0.2, 0) is 4.79 Å². The Morgan fingerprint density at radius 1 is 1.00 bits per heavy atom. The zero-order chi connectivity index (χ0) is 25.1. The van der Waals surface area contributed by atoms with Crippen LogP contribution < -0.4 is 5.73 Å². The van der Waals surface area contributed by atoms with Crippen molar-refractivity contribution in [1.29, 1.82) is 0 Å². The third-order valence-electron chi connectivity index (χ3n) is 13.1. The molecule has 0 bridgehead atoms. The SMILES string of the molecule is C=C1[C@H]2C[C@H](C3CCCC3)C[C@H]2[C@H]2[C@@H](CC13CCCC3)[C@]2([C@H]1CCC[C@H]([C@H](O)CCO)C1)[C@@H](N)C=O. The Hall–Kier alpha value is -0.710. The zero-order valence-electron chi connectivity index (χ0n) is 22.5. The van der Waals surface area contributed by atoms with Crippen molar-refractivity contribution in [3.8, 4) is 0 Å². The van der Waals surface area contributed by atoms with Crippen molar-refractivity contribution in [2.24, 2.45) is 63.9 Å². The first-order valence-corrected chi connectivity index (χ1v) is 15.7. The van der Waals surface area contributed by atoms with Crippen molar-refractivity contribution in [1.82, 2.24) is 0 Å². The van der Waals surface area contributed by atoms with E-state index in [1.54, 1.807) is 5.57 Å². The summed E-state index contributed by atoms with van der Waals surface area (Å²) >= 11 is 0. The van der Waals surface area contributed by atoms with Crippen molar-refractivity contribution in [2.45, 2.75) is 115 Å². The van der Waals surface area contributed by atoms with E-state index in [1.807, 2.05) is 0 Å². The van der Waals surface area contributed by atoms with Gasteiger partial charge in [-0.3, -0.25) is 0 Å². The van der Waals surface area contributed by atoms with Gasteiger partial charge in [-0.25, -0.2) is 0 Å². The monoisotopic (exact) mass is 497 g/mol. The molecular formula is C32H51NO3. The van der Waals surface area contributed by atoms with Crippen LogP contribution in [0.5, 0.6) is 0 Å². The smallest absolute Gasteiger partial charge is 0.137 e. The summed E-state index contributed by atoms with van der Waals surface area (Å²) in [4.78, 5) is 12.5. The summed E-state index contributed by atoms with van der Waals surface area (Å²) in [5.74, 6) is 4.79. The first-order chi connectivity index (χ1) is 17.5. The zero-order valence-corrected chi connectivity index (χ0v) is 22.5. The molecule has 0 unspecified atom stereocenters. The minimum atomic E-state index is -0.433. The standard InChI is InChI=1S/C32H51NO3/c1-20-25-16-23(21-7-2-3-8-21)17-26(25)30-27(18-31(20)12-4-5-13-31)32(30,29(33)19-35)24-10-6-9-22(15-24)28(36)11-14-34/h19,21-30,34,36H,1-18,33H2/t22-,23-,24-,25+,26+,27+,28+,29-,30-,32+/m0/s1. The minimum Gasteiger partial charge on any atom is -0.396 e. The normalized spacial score (nSPS) is 45.8. The van der Waals surface area contributed by atoms with Crippen molar-refractivity contribution in [3.63, 3.8) is 0 Å². The lowest BCUT2D eigenvalue weighted by Crippen LogP contribution is -2.45. The molecule has 6 rings (SSSR count). The van der Waals surface area contributed by atoms with E-state index in [-0.39, 0.29) is 29.4 Å². The third-order valence-corrected chi connectivity index (χ3v) is 13.1. The molecule has 0 amide bonds. The highest BCUT2D eigenvalue weighted by Crippen LogP contribution is 2.79. The molecule has 10 atom stereocenters. The molecule has 6 aliphatic rings. The summed E-state index contributed by atoms with van der Waals surface area (Å²) in [5, 5.41) is 20.3. The second-order valence-electron chi connectivity index (χ2n) is 14.3. The van der Waals surface area contributed by atoms with E-state index in [0.717, 1.165) is 43.8 Å². The van der Waals surface area contributed by atoms with Crippen LogP contribution in [0.1, 0.15) is 103 Å². The molecule has 6 saturated carbocycles. The predicted molar refractivity (Wildman–Crippen MR) is 143 cm³/mol. The molecule has 6 fully saturated rings. The highest BCUT2D eigenvalue weighted by Gasteiger charge is 2.76. The highest BCUT2D eigenvalue weighted by atomic mass is 16.3. The lowest BCUT2D eigenvalue weighted by Gasteiger charge is -2.43. The number of carbonyl (C=O) groups excluding carboxylic acids is 1. The summed E-state index contributed by atoms with van der Waals surface area (Å²) in [6.45, 7) is 4.94. The number of aliphatic hydroxyl groups excluding tert-OH is 2. The van der Waals surface area contributed by atoms with Crippen LogP contribution >= 0.6 is 0 Å². The maximum atomic E-state index is 12.5. The van der Waals surface area contributed by atoms with Crippen LogP contribution in [0.3, 0.4) is 0 Å². The van der Waals surface area contributed by atoms with Crippen molar-refractivity contribution >= 4 is 6.29 Å². The van der Waals surface area contributed by atoms with Crippen LogP contribution in [0.25, 0.3) is 0 Å². The van der Waals surface area contributed by atoms with Crippen LogP contribution in [-0.4, -0.2) is 35.3 Å². The van der Waals surface area contributed by atoms with Gasteiger partial charge >= 0.3 is 0 Å². The highest BCUT2D eigenvalue weighted by molar-refractivity contribution is 5.61. The Bertz CT molecular complexity index is 829. The second-order valence-corrected chi connectivity index (χ2v) is 14.3. The van der Waals surface area contributed by atoms with Crippen LogP contribution in [0.4, 0.5) is 0 Å². The number of rotatable bonds is 7. The van der Waals surface area contributed by atoms with Crippen LogP contribution in [0.15, 0.2) is 12.2 Å². The number of carbonyl (C=O) groups is 1. The van der Waals surface area contributed by atoms with E-state index in [1.165, 1.54) is 70.6 Å². The topological polar surface area (TPSA) is 83.6 Å². The van der Waals surface area contributed by atoms with E-state index in [9.17, 15) is 15.0 Å². The van der Waals surface area contributed by atoms with Gasteiger partial charge in [-0.15, -0.1) is 0 Å². The molecule has 0 aromatic rings. The maximum absolute atomic E-state index is 12.5. The molecule has 202 valence electrons. The molecule has 4 nitrogen and oxygen atoms in total. The van der Waals surface area contributed by atoms with Crippen LogP contribution in [0.2, 0.25) is 0 Å². The minimum absolute atomic E-state index is 0.0452. The molecule has 4 heteroatoms. The molecule has 0 aromatic carbocycles. The number of aldehydes is 1. The van der Waals surface area contributed by atoms with Crippen molar-refractivity contribution in [3.05, 3.63) is 12.2 Å². The Kier molecular flexibility index (Phi) is 6.95. The Balaban J connectivity index is 1.35. The van der Waals surface area contributed by atoms with Gasteiger partial charge in [0.15, 0.2) is 0 Å². The quantitative estimate of drug-likeness (QED) is 0.314. The van der Waals surface area contributed by atoms with Crippen molar-refractivity contribution in [2.75, 3.05) is 6.61 Å². The number of aliphatic hydroxyl groups is 2. The van der Waals surface area contributed by atoms with Gasteiger partial charge in [-0.05, 0) is 111 Å². The summed E-state index contributed by atoms with van der Waals surface area (Å²) in [7, 11) is 0. The lowest BCUT2D eigenvalue weighted by molar-refractivity contribution is -0.111. The van der Waals surface area contributed by atoms with Gasteiger partial charge in [0.25, 0.3) is 0 Å². The molecular weight excluding hydrogens is 446 g/mol. The third kappa shape index (κ3) is 3.82. The van der Waals surface area contributed by atoms with E-state index in [2.05, 4.69) is 0 Å². The van der Waals surface area contributed by atoms with Gasteiger partial charge in [0.05, 0.1) is 12.1 Å². The summed E-state index contributed by atoms with van der Waals surface area (Å²) in [6, 6.07) is -0.387. The molecule has 6 aliphatic carbocycles. The van der Waals surface area contributed by atoms with E-state index >= 15 is 0 Å². The van der Waals surface area contributed by atoms with Crippen molar-refractivity contribution < 1.29 is 15.0 Å². The number of hydrogen-bond acceptors (Lipinski definition) is 4. The average Bonchev–Trinajstić information content (AvgIpc) is 3.41. The molecule has 0 radical (unpaired) electrons. The largest absolute Gasteiger partial charge is 0.396 e. The van der Waals surface area contributed by atoms with E-state index < -0.39 is 6.10 Å². The fourth-order valence-electron chi connectivity index (χ4n) is 11.6. The maximum Gasteiger partial charge on any atom is 0.137 e. The fourth-order valence-corrected chi connectivity index (χ4v) is 11.6. The van der Waals surface area contributed by atoms with Crippen LogP contribution in [0, 0.1) is 58.2 Å². The Morgan fingerprint density at radius 2 is 1.75 bits per heavy atom. The first-order valence-electron chi connectivity index (χ1n) is 15.7. The van der Waals surface area contributed by atoms with Gasteiger partial charge in [-0.1, -0.05) is 57.1 Å². The molecule has 36 heavy (non-hydrogen) atoms. The van der Waals surface area contributed by atoms with E-state index in [4.69, 9.17) is 12.3 Å². The van der Waals surface area contributed by atoms with Gasteiger partial charge < -0.3 is 20.7 Å². The Morgan fingerprint density at radius 3 is 2.44 bits per heavy atom. The lowest BCUT2D eigenvalue weighted by atomic mass is 9.62. The fraction of sp³-hybridized carbons (Fsp3) is 0.906. The number of allylic oxidation sites excluding steroid dienone is 1. The summed E-state index contributed by atoms with van der Waals surface area (Å²) in [6.07, 6.45) is 20.2. The molecule has 0 aromatic heterocycles. The number of nitrogens with two attached hydrogens (primary N) is 1. The number of hydrogen-bond donors (Lipinski definition) is 3. The second kappa shape index (κ2) is 9.79. The van der Waals surface area contributed by atoms with Gasteiger partial charge in [-0.2, -0.15) is 0 Å². The molecule has 0 heterocycles. The molecule has 4 N–H and O–H groups in total. The van der Waals surface area contributed by atoms with Gasteiger partial charge in [0.1, 0.15) is 6.29 Å². The van der Waals surface area contributed by atoms with Gasteiger partial charge in [0.2, 0.25) is 0 Å². The first kappa shape index (κ1) is 25.6. The van der Waals surface area contributed by atoms with Gasteiger partial charge in [0, 0.05) is 12.0 Å². The number of fused-ring (bicyclic) bond motifs is 3. The van der Waals surface area contributed by atoms with E-state index in [0.29, 0.717) is 36.0 Å². The molecule has 0 saturated heterocycles. The molecule has 0 aliphatic heterocycles. The summed E-state index contributed by atoms with van der Waals surface area (Å²) < 4.78 is 0. The predicted octanol–water partition coefficient (Wildman–Crippen LogP) is 5.65. The average molecular weight is 498 g/mol.